The topological polar surface area (TPSA) is 29.1 Å². The van der Waals surface area contributed by atoms with Crippen LogP contribution >= 0.6 is 0 Å². The van der Waals surface area contributed by atoms with Crippen LogP contribution in [0.4, 0.5) is 0 Å². The number of Topliss-reactive ketones (excluding diaryl/α,β-unsaturated/α-hetero) is 1. The lowest BCUT2D eigenvalue weighted by molar-refractivity contribution is -0.121. The predicted octanol–water partition coefficient (Wildman–Crippen LogP) is 1.77. The van der Waals surface area contributed by atoms with Gasteiger partial charge in [0, 0.05) is 19.0 Å². The van der Waals surface area contributed by atoms with Gasteiger partial charge in [-0.05, 0) is 0 Å². The van der Waals surface area contributed by atoms with Crippen molar-refractivity contribution < 1.29 is 4.79 Å². The van der Waals surface area contributed by atoms with E-state index in [1.807, 2.05) is 36.5 Å². The van der Waals surface area contributed by atoms with Gasteiger partial charge in [0.2, 0.25) is 0 Å². The van der Waals surface area contributed by atoms with Crippen LogP contribution in [0.2, 0.25) is 0 Å². The van der Waals surface area contributed by atoms with E-state index >= 15 is 0 Å². The molecule has 2 rings (SSSR count). The first-order chi connectivity index (χ1) is 7.38. The molecule has 2 aliphatic rings. The lowest BCUT2D eigenvalue weighted by Gasteiger charge is -2.23. The first kappa shape index (κ1) is 10.1. The van der Waals surface area contributed by atoms with Crippen LogP contribution in [0.25, 0.3) is 0 Å². The van der Waals surface area contributed by atoms with Crippen molar-refractivity contribution in [3.63, 3.8) is 0 Å². The number of hydrogen-bond acceptors (Lipinski definition) is 2. The molecule has 0 saturated carbocycles. The number of carbonyl (C=O) groups excluding carboxylic acids is 1. The average molecular weight is 201 g/mol. The molecule has 1 aliphatic carbocycles. The number of allylic oxidation sites excluding steroid dienone is 5. The fraction of sp³-hybridized carbons (Fsp3) is 0.308. The zero-order valence-corrected chi connectivity index (χ0v) is 8.60. The Balaban J connectivity index is 2.16. The van der Waals surface area contributed by atoms with Crippen LogP contribution in [0, 0.1) is 5.92 Å². The molecule has 0 aromatic rings. The Morgan fingerprint density at radius 2 is 1.87 bits per heavy atom. The largest absolute Gasteiger partial charge is 0.306 e. The highest BCUT2D eigenvalue weighted by Crippen LogP contribution is 2.16. The van der Waals surface area contributed by atoms with Crippen LogP contribution < -0.4 is 5.32 Å². The quantitative estimate of drug-likeness (QED) is 0.647. The third-order valence-electron chi connectivity index (χ3n) is 2.68. The number of nitrogens with one attached hydrogen (secondary N) is 1. The van der Waals surface area contributed by atoms with Crippen LogP contribution in [0.15, 0.2) is 48.6 Å². The van der Waals surface area contributed by atoms with E-state index in [1.54, 1.807) is 0 Å². The number of rotatable bonds is 0. The van der Waals surface area contributed by atoms with Gasteiger partial charge in [-0.2, -0.15) is 0 Å². The summed E-state index contributed by atoms with van der Waals surface area (Å²) in [5.41, 5.74) is 0. The van der Waals surface area contributed by atoms with E-state index in [1.165, 1.54) is 0 Å². The van der Waals surface area contributed by atoms with Crippen LogP contribution in [0.3, 0.4) is 0 Å². The predicted molar refractivity (Wildman–Crippen MR) is 61.5 cm³/mol. The maximum atomic E-state index is 11.9. The molecule has 0 aromatic carbocycles. The van der Waals surface area contributed by atoms with Gasteiger partial charge < -0.3 is 5.32 Å². The van der Waals surface area contributed by atoms with Gasteiger partial charge in [-0.1, -0.05) is 48.6 Å². The molecule has 2 nitrogen and oxygen atoms in total. The van der Waals surface area contributed by atoms with Crippen LogP contribution in [-0.4, -0.2) is 18.4 Å². The molecule has 2 atom stereocenters. The van der Waals surface area contributed by atoms with Crippen molar-refractivity contribution in [1.82, 2.24) is 5.32 Å². The maximum absolute atomic E-state index is 11.9. The van der Waals surface area contributed by atoms with Crippen molar-refractivity contribution in [2.24, 2.45) is 5.92 Å². The number of fused-ring (bicyclic) bond motifs is 1. The second-order valence-electron chi connectivity index (χ2n) is 3.76. The molecule has 0 bridgehead atoms. The highest BCUT2D eigenvalue weighted by molar-refractivity contribution is 5.85. The van der Waals surface area contributed by atoms with Crippen LogP contribution in [0.1, 0.15) is 6.42 Å². The Hall–Kier alpha value is -1.41. The Kier molecular flexibility index (Phi) is 3.30. The molecule has 1 N–H and O–H groups in total. The zero-order valence-electron chi connectivity index (χ0n) is 8.60. The Bertz CT molecular complexity index is 350. The zero-order chi connectivity index (χ0) is 10.5. The molecular weight excluding hydrogens is 186 g/mol. The normalized spacial score (nSPS) is 34.5. The molecule has 1 heterocycles. The second-order valence-corrected chi connectivity index (χ2v) is 3.76. The molecule has 0 radical (unpaired) electrons. The van der Waals surface area contributed by atoms with E-state index in [0.717, 1.165) is 6.54 Å². The van der Waals surface area contributed by atoms with Gasteiger partial charge in [-0.15, -0.1) is 0 Å². The van der Waals surface area contributed by atoms with Crippen molar-refractivity contribution in [3.05, 3.63) is 48.6 Å². The molecule has 0 spiro atoms. The number of ketones is 1. The SMILES string of the molecule is O=C1C/C=C\C=C/CNC2C=CC=CC12. The summed E-state index contributed by atoms with van der Waals surface area (Å²) in [7, 11) is 0. The molecule has 0 fully saturated rings. The van der Waals surface area contributed by atoms with E-state index in [-0.39, 0.29) is 17.7 Å². The van der Waals surface area contributed by atoms with Gasteiger partial charge in [0.1, 0.15) is 5.78 Å². The van der Waals surface area contributed by atoms with Crippen molar-refractivity contribution in [2.75, 3.05) is 6.54 Å². The molecular formula is C13H15NO. The Labute approximate surface area is 90.1 Å². The number of hydrogen-bond donors (Lipinski definition) is 1. The van der Waals surface area contributed by atoms with E-state index in [9.17, 15) is 4.79 Å². The smallest absolute Gasteiger partial charge is 0.145 e. The minimum absolute atomic E-state index is 0.00819. The first-order valence-electron chi connectivity index (χ1n) is 5.31. The summed E-state index contributed by atoms with van der Waals surface area (Å²) in [6, 6.07) is 0.152. The summed E-state index contributed by atoms with van der Waals surface area (Å²) in [6.07, 6.45) is 16.4. The van der Waals surface area contributed by atoms with Gasteiger partial charge in [-0.25, -0.2) is 0 Å². The highest BCUT2D eigenvalue weighted by Gasteiger charge is 2.23. The molecule has 2 unspecified atom stereocenters. The average Bonchev–Trinajstić information content (AvgIpc) is 2.28. The number of carbonyl (C=O) groups is 1. The standard InChI is InChI=1S/C13H15NO/c15-13-9-3-1-2-6-10-14-12-8-5-4-7-11(12)13/h1-8,11-12,14H,9-10H2/b3-1-,6-2-. The molecule has 2 heteroatoms. The van der Waals surface area contributed by atoms with E-state index < -0.39 is 0 Å². The third-order valence-corrected chi connectivity index (χ3v) is 2.68. The molecule has 15 heavy (non-hydrogen) atoms. The van der Waals surface area contributed by atoms with Gasteiger partial charge in [0.05, 0.1) is 5.92 Å². The second kappa shape index (κ2) is 4.89. The van der Waals surface area contributed by atoms with Gasteiger partial charge in [-0.3, -0.25) is 4.79 Å². The summed E-state index contributed by atoms with van der Waals surface area (Å²) >= 11 is 0. The molecule has 0 amide bonds. The minimum atomic E-state index is -0.00819. The minimum Gasteiger partial charge on any atom is -0.306 e. The van der Waals surface area contributed by atoms with Crippen molar-refractivity contribution in [2.45, 2.75) is 12.5 Å². The molecule has 1 aliphatic heterocycles. The Morgan fingerprint density at radius 3 is 2.80 bits per heavy atom. The molecule has 78 valence electrons. The van der Waals surface area contributed by atoms with Crippen molar-refractivity contribution in [3.8, 4) is 0 Å². The summed E-state index contributed by atoms with van der Waals surface area (Å²) < 4.78 is 0. The molecule has 0 aromatic heterocycles. The van der Waals surface area contributed by atoms with Crippen molar-refractivity contribution in [1.29, 1.82) is 0 Å². The van der Waals surface area contributed by atoms with E-state index in [2.05, 4.69) is 17.5 Å². The first-order valence-corrected chi connectivity index (χ1v) is 5.31. The summed E-state index contributed by atoms with van der Waals surface area (Å²) in [5.74, 6) is 0.269. The summed E-state index contributed by atoms with van der Waals surface area (Å²) in [6.45, 7) is 0.803. The lowest BCUT2D eigenvalue weighted by atomic mass is 9.89. The summed E-state index contributed by atoms with van der Waals surface area (Å²) in [5, 5.41) is 3.34. The fourth-order valence-electron chi connectivity index (χ4n) is 1.86. The van der Waals surface area contributed by atoms with Crippen molar-refractivity contribution >= 4 is 5.78 Å². The maximum Gasteiger partial charge on any atom is 0.145 e. The monoisotopic (exact) mass is 201 g/mol. The fourth-order valence-corrected chi connectivity index (χ4v) is 1.86. The van der Waals surface area contributed by atoms with Gasteiger partial charge in [0.25, 0.3) is 0 Å². The van der Waals surface area contributed by atoms with Gasteiger partial charge >= 0.3 is 0 Å². The van der Waals surface area contributed by atoms with Crippen LogP contribution in [0.5, 0.6) is 0 Å². The van der Waals surface area contributed by atoms with Gasteiger partial charge in [0.15, 0.2) is 0 Å². The van der Waals surface area contributed by atoms with E-state index in [0.29, 0.717) is 6.42 Å². The molecule has 0 saturated heterocycles. The van der Waals surface area contributed by atoms with Crippen LogP contribution in [-0.2, 0) is 4.79 Å². The van der Waals surface area contributed by atoms with E-state index in [4.69, 9.17) is 0 Å². The lowest BCUT2D eigenvalue weighted by Crippen LogP contribution is -2.38. The summed E-state index contributed by atoms with van der Waals surface area (Å²) in [4.78, 5) is 11.9. The highest BCUT2D eigenvalue weighted by atomic mass is 16.1. The third kappa shape index (κ3) is 2.54. The Morgan fingerprint density at radius 1 is 1.07 bits per heavy atom.